The molecule has 0 aromatic heterocycles. The third-order valence-corrected chi connectivity index (χ3v) is 2.47. The highest BCUT2D eigenvalue weighted by Crippen LogP contribution is 2.11. The fraction of sp³-hybridized carbons (Fsp3) is 0.308. The van der Waals surface area contributed by atoms with E-state index in [0.717, 1.165) is 17.0 Å². The summed E-state index contributed by atoms with van der Waals surface area (Å²) >= 11 is 5.78. The van der Waals surface area contributed by atoms with E-state index < -0.39 is 5.97 Å². The Bertz CT molecular complexity index is 398. The van der Waals surface area contributed by atoms with Crippen molar-refractivity contribution in [1.29, 1.82) is 0 Å². The number of halogens is 1. The van der Waals surface area contributed by atoms with Crippen molar-refractivity contribution in [3.8, 4) is 0 Å². The lowest BCUT2D eigenvalue weighted by molar-refractivity contribution is -0.138. The number of allylic oxidation sites excluding steroid dienone is 1. The van der Waals surface area contributed by atoms with Crippen molar-refractivity contribution in [3.05, 3.63) is 46.6 Å². The number of esters is 1. The van der Waals surface area contributed by atoms with Gasteiger partial charge in [0.1, 0.15) is 5.70 Å². The summed E-state index contributed by atoms with van der Waals surface area (Å²) in [6, 6.07) is 7.60. The van der Waals surface area contributed by atoms with Gasteiger partial charge < -0.3 is 10.5 Å². The second-order valence-electron chi connectivity index (χ2n) is 3.55. The smallest absolute Gasteiger partial charge is 0.353 e. The van der Waals surface area contributed by atoms with Crippen molar-refractivity contribution in [2.75, 3.05) is 6.61 Å². The van der Waals surface area contributed by atoms with Gasteiger partial charge in [0.15, 0.2) is 0 Å². The molecule has 0 bridgehead atoms. The molecule has 0 radical (unpaired) electrons. The summed E-state index contributed by atoms with van der Waals surface area (Å²) in [5, 5.41) is 0.718. The maximum atomic E-state index is 11.2. The van der Waals surface area contributed by atoms with Crippen molar-refractivity contribution < 1.29 is 9.53 Å². The van der Waals surface area contributed by atoms with Crippen LogP contribution in [0.2, 0.25) is 5.02 Å². The highest BCUT2D eigenvalue weighted by atomic mass is 35.5. The topological polar surface area (TPSA) is 52.3 Å². The zero-order valence-electron chi connectivity index (χ0n) is 9.78. The minimum absolute atomic E-state index is 0.167. The van der Waals surface area contributed by atoms with Gasteiger partial charge in [0.25, 0.3) is 0 Å². The number of carbonyl (C=O) groups is 1. The molecular formula is C13H16ClNO2. The standard InChI is InChI=1S/C13H16ClNO2/c1-2-17-13(16)12(15)5-3-4-10-6-8-11(14)9-7-10/h5-9H,2-4,15H2,1H3. The van der Waals surface area contributed by atoms with Crippen molar-refractivity contribution in [2.24, 2.45) is 5.73 Å². The van der Waals surface area contributed by atoms with Gasteiger partial charge in [0.05, 0.1) is 6.61 Å². The third kappa shape index (κ3) is 4.91. The molecule has 0 atom stereocenters. The van der Waals surface area contributed by atoms with Crippen LogP contribution in [0.25, 0.3) is 0 Å². The Hall–Kier alpha value is -1.48. The van der Waals surface area contributed by atoms with Gasteiger partial charge in [-0.25, -0.2) is 4.79 Å². The number of hydrogen-bond acceptors (Lipinski definition) is 3. The van der Waals surface area contributed by atoms with E-state index >= 15 is 0 Å². The molecule has 3 nitrogen and oxygen atoms in total. The molecule has 1 rings (SSSR count). The van der Waals surface area contributed by atoms with E-state index in [0.29, 0.717) is 13.0 Å². The predicted molar refractivity (Wildman–Crippen MR) is 68.7 cm³/mol. The maximum absolute atomic E-state index is 11.2. The molecule has 17 heavy (non-hydrogen) atoms. The number of ether oxygens (including phenoxy) is 1. The van der Waals surface area contributed by atoms with Gasteiger partial charge in [-0.2, -0.15) is 0 Å². The molecule has 0 aliphatic heterocycles. The van der Waals surface area contributed by atoms with Crippen LogP contribution in [0.15, 0.2) is 36.0 Å². The molecule has 0 saturated carbocycles. The Kier molecular flexibility index (Phi) is 5.57. The second-order valence-corrected chi connectivity index (χ2v) is 3.98. The number of carbonyl (C=O) groups excluding carboxylic acids is 1. The monoisotopic (exact) mass is 253 g/mol. The quantitative estimate of drug-likeness (QED) is 0.648. The normalized spacial score (nSPS) is 11.3. The second kappa shape index (κ2) is 6.97. The average molecular weight is 254 g/mol. The van der Waals surface area contributed by atoms with Crippen molar-refractivity contribution in [1.82, 2.24) is 0 Å². The molecule has 0 fully saturated rings. The van der Waals surface area contributed by atoms with E-state index in [-0.39, 0.29) is 5.70 Å². The number of hydrogen-bond donors (Lipinski definition) is 1. The SMILES string of the molecule is CCOC(=O)C(N)=CCCc1ccc(Cl)cc1. The van der Waals surface area contributed by atoms with E-state index in [1.54, 1.807) is 13.0 Å². The van der Waals surface area contributed by atoms with Crippen LogP contribution in [0.1, 0.15) is 18.9 Å². The molecule has 2 N–H and O–H groups in total. The van der Waals surface area contributed by atoms with Crippen LogP contribution >= 0.6 is 11.6 Å². The minimum atomic E-state index is -0.455. The fourth-order valence-electron chi connectivity index (χ4n) is 1.34. The highest BCUT2D eigenvalue weighted by molar-refractivity contribution is 6.30. The first-order valence-corrected chi connectivity index (χ1v) is 5.88. The van der Waals surface area contributed by atoms with Crippen LogP contribution in [-0.4, -0.2) is 12.6 Å². The van der Waals surface area contributed by atoms with E-state index in [4.69, 9.17) is 22.1 Å². The number of aryl methyl sites for hydroxylation is 1. The zero-order valence-corrected chi connectivity index (χ0v) is 10.5. The molecule has 0 amide bonds. The van der Waals surface area contributed by atoms with Crippen molar-refractivity contribution in [3.63, 3.8) is 0 Å². The lowest BCUT2D eigenvalue weighted by atomic mass is 10.1. The molecule has 0 heterocycles. The Labute approximate surface area is 106 Å². The molecule has 0 unspecified atom stereocenters. The van der Waals surface area contributed by atoms with Gasteiger partial charge in [-0.15, -0.1) is 0 Å². The first-order chi connectivity index (χ1) is 8.13. The molecule has 0 spiro atoms. The summed E-state index contributed by atoms with van der Waals surface area (Å²) in [5.74, 6) is -0.455. The summed E-state index contributed by atoms with van der Waals surface area (Å²) in [6.07, 6.45) is 3.20. The number of benzene rings is 1. The summed E-state index contributed by atoms with van der Waals surface area (Å²) in [4.78, 5) is 11.2. The van der Waals surface area contributed by atoms with Crippen LogP contribution in [0.3, 0.4) is 0 Å². The van der Waals surface area contributed by atoms with Gasteiger partial charge in [0.2, 0.25) is 0 Å². The largest absolute Gasteiger partial charge is 0.461 e. The zero-order chi connectivity index (χ0) is 12.7. The Morgan fingerprint density at radius 3 is 2.65 bits per heavy atom. The molecule has 1 aromatic rings. The van der Waals surface area contributed by atoms with Crippen LogP contribution in [0.4, 0.5) is 0 Å². The first-order valence-electron chi connectivity index (χ1n) is 5.50. The highest BCUT2D eigenvalue weighted by Gasteiger charge is 2.04. The van der Waals surface area contributed by atoms with Gasteiger partial charge >= 0.3 is 5.97 Å². The lowest BCUT2D eigenvalue weighted by Gasteiger charge is -2.02. The molecular weight excluding hydrogens is 238 g/mol. The molecule has 92 valence electrons. The molecule has 0 aliphatic carbocycles. The average Bonchev–Trinajstić information content (AvgIpc) is 2.32. The summed E-state index contributed by atoms with van der Waals surface area (Å²) in [6.45, 7) is 2.09. The summed E-state index contributed by atoms with van der Waals surface area (Å²) < 4.78 is 4.77. The van der Waals surface area contributed by atoms with Gasteiger partial charge in [-0.3, -0.25) is 0 Å². The van der Waals surface area contributed by atoms with E-state index in [1.807, 2.05) is 24.3 Å². The fourth-order valence-corrected chi connectivity index (χ4v) is 1.47. The van der Waals surface area contributed by atoms with Crippen molar-refractivity contribution >= 4 is 17.6 Å². The van der Waals surface area contributed by atoms with Crippen molar-refractivity contribution in [2.45, 2.75) is 19.8 Å². The maximum Gasteiger partial charge on any atom is 0.353 e. The van der Waals surface area contributed by atoms with Gasteiger partial charge in [0, 0.05) is 5.02 Å². The summed E-state index contributed by atoms with van der Waals surface area (Å²) in [5.41, 5.74) is 6.88. The Morgan fingerprint density at radius 1 is 1.41 bits per heavy atom. The van der Waals surface area contributed by atoms with E-state index in [9.17, 15) is 4.79 Å². The molecule has 1 aromatic carbocycles. The van der Waals surface area contributed by atoms with Crippen LogP contribution in [0.5, 0.6) is 0 Å². The van der Waals surface area contributed by atoms with E-state index in [1.165, 1.54) is 0 Å². The Balaban J connectivity index is 2.43. The van der Waals surface area contributed by atoms with Gasteiger partial charge in [-0.1, -0.05) is 29.8 Å². The number of rotatable bonds is 5. The van der Waals surface area contributed by atoms with Gasteiger partial charge in [-0.05, 0) is 37.5 Å². The number of nitrogens with two attached hydrogens (primary N) is 1. The van der Waals surface area contributed by atoms with Crippen LogP contribution < -0.4 is 5.73 Å². The molecule has 0 aliphatic rings. The Morgan fingerprint density at radius 2 is 2.06 bits per heavy atom. The first kappa shape index (κ1) is 13.6. The minimum Gasteiger partial charge on any atom is -0.461 e. The predicted octanol–water partition coefficient (Wildman–Crippen LogP) is 2.68. The van der Waals surface area contributed by atoms with E-state index in [2.05, 4.69) is 0 Å². The van der Waals surface area contributed by atoms with Crippen LogP contribution in [0, 0.1) is 0 Å². The summed E-state index contributed by atoms with van der Waals surface area (Å²) in [7, 11) is 0. The molecule has 0 saturated heterocycles. The lowest BCUT2D eigenvalue weighted by Crippen LogP contribution is -2.14. The molecule has 4 heteroatoms. The van der Waals surface area contributed by atoms with Crippen LogP contribution in [-0.2, 0) is 16.0 Å². The third-order valence-electron chi connectivity index (χ3n) is 2.22.